The molecule has 1 fully saturated rings. The van der Waals surface area contributed by atoms with Gasteiger partial charge in [-0.2, -0.15) is 5.26 Å². The summed E-state index contributed by atoms with van der Waals surface area (Å²) >= 11 is 0. The summed E-state index contributed by atoms with van der Waals surface area (Å²) in [5.74, 6) is 0.283. The molecule has 0 aromatic rings. The molecule has 1 aliphatic rings. The Morgan fingerprint density at radius 1 is 1.73 bits per heavy atom. The predicted octanol–water partition coefficient (Wildman–Crippen LogP) is 1.91. The third-order valence-electron chi connectivity index (χ3n) is 2.66. The largest absolute Gasteiger partial charge is 0.298 e. The first-order valence-electron chi connectivity index (χ1n) is 3.97. The van der Waals surface area contributed by atoms with Gasteiger partial charge < -0.3 is 0 Å². The lowest BCUT2D eigenvalue weighted by Crippen LogP contribution is -2.39. The van der Waals surface area contributed by atoms with E-state index in [0.29, 0.717) is 0 Å². The molecule has 0 aromatic heterocycles. The molecule has 0 bridgehead atoms. The molecule has 0 aromatic carbocycles. The zero-order valence-corrected chi connectivity index (χ0v) is 7.05. The van der Waals surface area contributed by atoms with E-state index in [-0.39, 0.29) is 23.5 Å². The normalized spacial score (nSPS) is 26.8. The van der Waals surface area contributed by atoms with Gasteiger partial charge in [0.15, 0.2) is 5.78 Å². The summed E-state index contributed by atoms with van der Waals surface area (Å²) < 4.78 is 0. The van der Waals surface area contributed by atoms with Crippen molar-refractivity contribution in [3.05, 3.63) is 0 Å². The molecule has 11 heavy (non-hydrogen) atoms. The number of carbonyl (C=O) groups is 1. The fraction of sp³-hybridized carbons (Fsp3) is 0.778. The molecule has 1 atom stereocenters. The summed E-state index contributed by atoms with van der Waals surface area (Å²) in [6, 6.07) is 1.90. The van der Waals surface area contributed by atoms with Gasteiger partial charge in [-0.25, -0.2) is 0 Å². The van der Waals surface area contributed by atoms with Crippen LogP contribution in [0.4, 0.5) is 0 Å². The number of carbonyl (C=O) groups excluding carboxylic acids is 1. The SMILES string of the molecule is CC1(C)CCC1C(=O)CC#N. The van der Waals surface area contributed by atoms with Crippen LogP contribution in [-0.4, -0.2) is 5.78 Å². The monoisotopic (exact) mass is 151 g/mol. The Hall–Kier alpha value is -0.840. The highest BCUT2D eigenvalue weighted by molar-refractivity contribution is 5.84. The average molecular weight is 151 g/mol. The predicted molar refractivity (Wildman–Crippen MR) is 41.7 cm³/mol. The number of hydrogen-bond acceptors (Lipinski definition) is 2. The number of hydrogen-bond donors (Lipinski definition) is 0. The number of ketones is 1. The molecule has 0 heterocycles. The van der Waals surface area contributed by atoms with Crippen LogP contribution in [0, 0.1) is 22.7 Å². The van der Waals surface area contributed by atoms with Crippen molar-refractivity contribution in [3.8, 4) is 6.07 Å². The van der Waals surface area contributed by atoms with Crippen LogP contribution < -0.4 is 0 Å². The van der Waals surface area contributed by atoms with E-state index < -0.39 is 0 Å². The van der Waals surface area contributed by atoms with Crippen molar-refractivity contribution in [2.45, 2.75) is 33.1 Å². The first-order chi connectivity index (χ1) is 5.08. The van der Waals surface area contributed by atoms with Gasteiger partial charge in [-0.1, -0.05) is 13.8 Å². The van der Waals surface area contributed by atoms with Gasteiger partial charge in [0.2, 0.25) is 0 Å². The molecule has 0 saturated heterocycles. The van der Waals surface area contributed by atoms with Gasteiger partial charge in [-0.05, 0) is 18.3 Å². The summed E-state index contributed by atoms with van der Waals surface area (Å²) in [6.07, 6.45) is 2.19. The Morgan fingerprint density at radius 3 is 2.64 bits per heavy atom. The van der Waals surface area contributed by atoms with E-state index in [1.807, 2.05) is 6.07 Å². The van der Waals surface area contributed by atoms with Gasteiger partial charge in [0.25, 0.3) is 0 Å². The van der Waals surface area contributed by atoms with Gasteiger partial charge >= 0.3 is 0 Å². The van der Waals surface area contributed by atoms with Crippen LogP contribution >= 0.6 is 0 Å². The molecule has 0 amide bonds. The van der Waals surface area contributed by atoms with E-state index >= 15 is 0 Å². The second kappa shape index (κ2) is 2.65. The van der Waals surface area contributed by atoms with Crippen LogP contribution in [0.2, 0.25) is 0 Å². The Labute approximate surface area is 67.2 Å². The molecule has 1 saturated carbocycles. The molecular formula is C9H13NO. The van der Waals surface area contributed by atoms with Crippen molar-refractivity contribution in [2.75, 3.05) is 0 Å². The van der Waals surface area contributed by atoms with Crippen molar-refractivity contribution in [1.82, 2.24) is 0 Å². The van der Waals surface area contributed by atoms with Gasteiger partial charge in [-0.3, -0.25) is 4.79 Å². The number of nitriles is 1. The summed E-state index contributed by atoms with van der Waals surface area (Å²) in [4.78, 5) is 11.2. The second-order valence-electron chi connectivity index (χ2n) is 3.88. The maximum absolute atomic E-state index is 11.2. The second-order valence-corrected chi connectivity index (χ2v) is 3.88. The van der Waals surface area contributed by atoms with Crippen molar-refractivity contribution in [1.29, 1.82) is 5.26 Å². The topological polar surface area (TPSA) is 40.9 Å². The van der Waals surface area contributed by atoms with E-state index in [1.54, 1.807) is 0 Å². The van der Waals surface area contributed by atoms with Crippen LogP contribution in [0.3, 0.4) is 0 Å². The minimum atomic E-state index is 0.0914. The fourth-order valence-electron chi connectivity index (χ4n) is 1.66. The van der Waals surface area contributed by atoms with Gasteiger partial charge in [0.1, 0.15) is 0 Å². The maximum atomic E-state index is 11.2. The lowest BCUT2D eigenvalue weighted by Gasteiger charge is -2.43. The first kappa shape index (κ1) is 8.26. The Balaban J connectivity index is 2.51. The third kappa shape index (κ3) is 1.42. The fourth-order valence-corrected chi connectivity index (χ4v) is 1.66. The molecule has 0 radical (unpaired) electrons. The summed E-state index contributed by atoms with van der Waals surface area (Å²) in [5.41, 5.74) is 0.161. The van der Waals surface area contributed by atoms with Crippen LogP contribution in [-0.2, 0) is 4.79 Å². The Bertz CT molecular complexity index is 212. The minimum absolute atomic E-state index is 0.0914. The molecular weight excluding hydrogens is 138 g/mol. The molecule has 1 rings (SSSR count). The molecule has 2 nitrogen and oxygen atoms in total. The van der Waals surface area contributed by atoms with E-state index in [9.17, 15) is 4.79 Å². The standard InChI is InChI=1S/C9H13NO/c1-9(2)5-3-7(9)8(11)4-6-10/h7H,3-5H2,1-2H3. The molecule has 0 aliphatic heterocycles. The van der Waals surface area contributed by atoms with E-state index in [2.05, 4.69) is 13.8 Å². The van der Waals surface area contributed by atoms with Crippen LogP contribution in [0.1, 0.15) is 33.1 Å². The van der Waals surface area contributed by atoms with Gasteiger partial charge in [0.05, 0.1) is 12.5 Å². The first-order valence-corrected chi connectivity index (χ1v) is 3.97. The highest BCUT2D eigenvalue weighted by Crippen LogP contribution is 2.46. The van der Waals surface area contributed by atoms with Crippen molar-refractivity contribution < 1.29 is 4.79 Å². The lowest BCUT2D eigenvalue weighted by molar-refractivity contribution is -0.130. The number of Topliss-reactive ketones (excluding diaryl/α,β-unsaturated/α-hetero) is 1. The Kier molecular flexibility index (Phi) is 1.99. The molecule has 1 unspecified atom stereocenters. The van der Waals surface area contributed by atoms with Crippen LogP contribution in [0.25, 0.3) is 0 Å². The van der Waals surface area contributed by atoms with Crippen molar-refractivity contribution in [2.24, 2.45) is 11.3 Å². The van der Waals surface area contributed by atoms with Crippen LogP contribution in [0.5, 0.6) is 0 Å². The molecule has 1 aliphatic carbocycles. The summed E-state index contributed by atoms with van der Waals surface area (Å²) in [5, 5.41) is 8.30. The smallest absolute Gasteiger partial charge is 0.150 e. The van der Waals surface area contributed by atoms with E-state index in [4.69, 9.17) is 5.26 Å². The lowest BCUT2D eigenvalue weighted by atomic mass is 9.60. The number of nitrogens with zero attached hydrogens (tertiary/aromatic N) is 1. The molecule has 60 valence electrons. The molecule has 0 spiro atoms. The quantitative estimate of drug-likeness (QED) is 0.604. The third-order valence-corrected chi connectivity index (χ3v) is 2.66. The van der Waals surface area contributed by atoms with Crippen LogP contribution in [0.15, 0.2) is 0 Å². The van der Waals surface area contributed by atoms with Crippen molar-refractivity contribution in [3.63, 3.8) is 0 Å². The van der Waals surface area contributed by atoms with Crippen molar-refractivity contribution >= 4 is 5.78 Å². The number of rotatable bonds is 2. The summed E-state index contributed by atoms with van der Waals surface area (Å²) in [7, 11) is 0. The van der Waals surface area contributed by atoms with Gasteiger partial charge in [0, 0.05) is 5.92 Å². The summed E-state index contributed by atoms with van der Waals surface area (Å²) in [6.45, 7) is 4.19. The molecule has 0 N–H and O–H groups in total. The van der Waals surface area contributed by atoms with E-state index in [0.717, 1.165) is 12.8 Å². The van der Waals surface area contributed by atoms with Gasteiger partial charge in [-0.15, -0.1) is 0 Å². The highest BCUT2D eigenvalue weighted by atomic mass is 16.1. The zero-order chi connectivity index (χ0) is 8.48. The minimum Gasteiger partial charge on any atom is -0.298 e. The highest BCUT2D eigenvalue weighted by Gasteiger charge is 2.42. The average Bonchev–Trinajstić information content (AvgIpc) is 1.86. The Morgan fingerprint density at radius 2 is 2.36 bits per heavy atom. The van der Waals surface area contributed by atoms with E-state index in [1.165, 1.54) is 0 Å². The maximum Gasteiger partial charge on any atom is 0.150 e. The zero-order valence-electron chi connectivity index (χ0n) is 7.05. The molecule has 2 heteroatoms.